The van der Waals surface area contributed by atoms with Crippen molar-refractivity contribution in [2.75, 3.05) is 0 Å². The third-order valence-corrected chi connectivity index (χ3v) is 5.36. The van der Waals surface area contributed by atoms with E-state index >= 15 is 0 Å². The standard InChI is InChI=1S/C17H21F3N6/c18-17(19,20)13-9-3-8-12(23-13)16(10-4-1-5-10)25-14(21)24-15(26-16)22-11-6-2-7-11/h3,8-11H,1-2,4-7H2,(H4,21,22,24,25,26). The third kappa shape index (κ3) is 2.99. The summed E-state index contributed by atoms with van der Waals surface area (Å²) in [7, 11) is 0. The minimum Gasteiger partial charge on any atom is -0.370 e. The first-order chi connectivity index (χ1) is 12.4. The fraction of sp³-hybridized carbons (Fsp3) is 0.588. The summed E-state index contributed by atoms with van der Waals surface area (Å²) >= 11 is 0. The maximum Gasteiger partial charge on any atom is 0.433 e. The highest BCUT2D eigenvalue weighted by atomic mass is 19.4. The molecule has 2 saturated carbocycles. The predicted octanol–water partition coefficient (Wildman–Crippen LogP) is 2.47. The molecule has 0 aromatic carbocycles. The predicted molar refractivity (Wildman–Crippen MR) is 91.2 cm³/mol. The molecule has 1 unspecified atom stereocenters. The van der Waals surface area contributed by atoms with Crippen molar-refractivity contribution in [2.45, 2.75) is 56.4 Å². The van der Waals surface area contributed by atoms with Crippen LogP contribution in [-0.2, 0) is 11.8 Å². The van der Waals surface area contributed by atoms with Crippen LogP contribution in [0.5, 0.6) is 0 Å². The monoisotopic (exact) mass is 366 g/mol. The molecule has 4 rings (SSSR count). The zero-order valence-electron chi connectivity index (χ0n) is 14.2. The molecule has 2 heterocycles. The number of hydrogen-bond acceptors (Lipinski definition) is 4. The smallest absolute Gasteiger partial charge is 0.370 e. The van der Waals surface area contributed by atoms with E-state index in [2.05, 4.69) is 25.6 Å². The van der Waals surface area contributed by atoms with Crippen LogP contribution >= 0.6 is 0 Å². The van der Waals surface area contributed by atoms with Crippen molar-refractivity contribution in [3.63, 3.8) is 0 Å². The van der Waals surface area contributed by atoms with Gasteiger partial charge in [-0.2, -0.15) is 13.2 Å². The summed E-state index contributed by atoms with van der Waals surface area (Å²) in [4.78, 5) is 13.0. The second kappa shape index (κ2) is 6.14. The zero-order valence-corrected chi connectivity index (χ0v) is 14.2. The molecule has 0 spiro atoms. The molecule has 1 atom stereocenters. The molecule has 1 aliphatic heterocycles. The molecule has 1 aromatic heterocycles. The Morgan fingerprint density at radius 1 is 1.15 bits per heavy atom. The number of rotatable bonds is 3. The lowest BCUT2D eigenvalue weighted by Gasteiger charge is -2.45. The Kier molecular flexibility index (Phi) is 4.04. The molecule has 0 saturated heterocycles. The Hall–Kier alpha value is -2.32. The lowest BCUT2D eigenvalue weighted by Crippen LogP contribution is -2.63. The highest BCUT2D eigenvalue weighted by Gasteiger charge is 2.48. The summed E-state index contributed by atoms with van der Waals surface area (Å²) in [6, 6.07) is 4.12. The topological polar surface area (TPSA) is 87.7 Å². The molecule has 9 heteroatoms. The van der Waals surface area contributed by atoms with Gasteiger partial charge in [-0.25, -0.2) is 15.0 Å². The number of guanidine groups is 2. The van der Waals surface area contributed by atoms with Gasteiger partial charge in [0.2, 0.25) is 5.96 Å². The summed E-state index contributed by atoms with van der Waals surface area (Å²) < 4.78 is 39.5. The van der Waals surface area contributed by atoms with Crippen LogP contribution in [0.4, 0.5) is 13.2 Å². The highest BCUT2D eigenvalue weighted by molar-refractivity contribution is 6.00. The quantitative estimate of drug-likeness (QED) is 0.767. The molecule has 26 heavy (non-hydrogen) atoms. The first kappa shape index (κ1) is 17.1. The number of nitrogens with zero attached hydrogens (tertiary/aromatic N) is 3. The van der Waals surface area contributed by atoms with Crippen molar-refractivity contribution in [3.8, 4) is 0 Å². The largest absolute Gasteiger partial charge is 0.433 e. The summed E-state index contributed by atoms with van der Waals surface area (Å²) in [5.74, 6) is 0.631. The van der Waals surface area contributed by atoms with Crippen LogP contribution < -0.4 is 16.4 Å². The van der Waals surface area contributed by atoms with Gasteiger partial charge in [-0.1, -0.05) is 12.5 Å². The van der Waals surface area contributed by atoms with E-state index in [1.807, 2.05) is 0 Å². The molecular weight excluding hydrogens is 345 g/mol. The van der Waals surface area contributed by atoms with Gasteiger partial charge >= 0.3 is 6.18 Å². The normalized spacial score (nSPS) is 28.6. The van der Waals surface area contributed by atoms with E-state index in [1.165, 1.54) is 6.07 Å². The average Bonchev–Trinajstić information content (AvgIpc) is 2.48. The molecule has 2 aliphatic carbocycles. The minimum absolute atomic E-state index is 0.0192. The molecule has 1 aromatic rings. The van der Waals surface area contributed by atoms with E-state index in [0.717, 1.165) is 44.6 Å². The van der Waals surface area contributed by atoms with E-state index in [1.54, 1.807) is 6.07 Å². The van der Waals surface area contributed by atoms with Gasteiger partial charge in [-0.05, 0) is 44.2 Å². The van der Waals surface area contributed by atoms with Crippen LogP contribution in [0.3, 0.4) is 0 Å². The van der Waals surface area contributed by atoms with Gasteiger partial charge in [0, 0.05) is 5.92 Å². The van der Waals surface area contributed by atoms with Gasteiger partial charge in [-0.3, -0.25) is 5.32 Å². The molecule has 0 radical (unpaired) electrons. The maximum absolute atomic E-state index is 13.2. The summed E-state index contributed by atoms with van der Waals surface area (Å²) in [5, 5.41) is 6.14. The van der Waals surface area contributed by atoms with Gasteiger partial charge in [-0.15, -0.1) is 0 Å². The maximum atomic E-state index is 13.2. The number of nitrogens with two attached hydrogens (primary N) is 1. The lowest BCUT2D eigenvalue weighted by atomic mass is 9.73. The molecule has 6 nitrogen and oxygen atoms in total. The van der Waals surface area contributed by atoms with Crippen molar-refractivity contribution in [1.29, 1.82) is 0 Å². The summed E-state index contributed by atoms with van der Waals surface area (Å²) in [6.45, 7) is 0. The van der Waals surface area contributed by atoms with Crippen LogP contribution in [0, 0.1) is 5.92 Å². The van der Waals surface area contributed by atoms with Crippen molar-refractivity contribution >= 4 is 11.9 Å². The third-order valence-electron chi connectivity index (χ3n) is 5.36. The van der Waals surface area contributed by atoms with Crippen molar-refractivity contribution < 1.29 is 13.2 Å². The summed E-state index contributed by atoms with van der Waals surface area (Å²) in [6.07, 6.45) is 1.32. The number of halogens is 3. The first-order valence-electron chi connectivity index (χ1n) is 8.90. The second-order valence-corrected chi connectivity index (χ2v) is 7.11. The molecule has 0 bridgehead atoms. The average molecular weight is 366 g/mol. The van der Waals surface area contributed by atoms with Crippen molar-refractivity contribution in [1.82, 2.24) is 15.6 Å². The number of hydrogen-bond donors (Lipinski definition) is 3. The fourth-order valence-corrected chi connectivity index (χ4v) is 3.50. The lowest BCUT2D eigenvalue weighted by molar-refractivity contribution is -0.141. The van der Waals surface area contributed by atoms with Crippen LogP contribution in [0.25, 0.3) is 0 Å². The van der Waals surface area contributed by atoms with Crippen molar-refractivity contribution in [3.05, 3.63) is 29.6 Å². The Balaban J connectivity index is 1.76. The summed E-state index contributed by atoms with van der Waals surface area (Å²) in [5.41, 5.74) is 4.16. The highest BCUT2D eigenvalue weighted by Crippen LogP contribution is 2.44. The van der Waals surface area contributed by atoms with E-state index < -0.39 is 17.5 Å². The number of aliphatic imine (C=N–C) groups is 2. The van der Waals surface area contributed by atoms with E-state index in [4.69, 9.17) is 5.73 Å². The molecule has 4 N–H and O–H groups in total. The molecule has 140 valence electrons. The minimum atomic E-state index is -4.51. The number of aromatic nitrogens is 1. The molecule has 0 amide bonds. The van der Waals surface area contributed by atoms with Gasteiger partial charge in [0.25, 0.3) is 0 Å². The van der Waals surface area contributed by atoms with Crippen LogP contribution in [-0.4, -0.2) is 22.9 Å². The Morgan fingerprint density at radius 3 is 2.46 bits per heavy atom. The first-order valence-corrected chi connectivity index (χ1v) is 8.90. The molecule has 2 fully saturated rings. The van der Waals surface area contributed by atoms with Crippen LogP contribution in [0.1, 0.15) is 49.9 Å². The number of alkyl halides is 3. The SMILES string of the molecule is NC1=NC(c2cccc(C(F)(F)F)n2)(C2CCC2)NC(=NC2CCC2)N1. The Morgan fingerprint density at radius 2 is 1.88 bits per heavy atom. The number of nitrogens with one attached hydrogen (secondary N) is 2. The van der Waals surface area contributed by atoms with Gasteiger partial charge in [0.15, 0.2) is 11.6 Å². The van der Waals surface area contributed by atoms with Gasteiger partial charge in [0.1, 0.15) is 5.69 Å². The Bertz CT molecular complexity index is 751. The van der Waals surface area contributed by atoms with Crippen LogP contribution in [0.15, 0.2) is 28.2 Å². The van der Waals surface area contributed by atoms with Crippen LogP contribution in [0.2, 0.25) is 0 Å². The van der Waals surface area contributed by atoms with E-state index in [0.29, 0.717) is 5.96 Å². The molecular formula is C17H21F3N6. The number of pyridine rings is 1. The second-order valence-electron chi connectivity index (χ2n) is 7.11. The molecule has 3 aliphatic rings. The van der Waals surface area contributed by atoms with E-state index in [-0.39, 0.29) is 23.6 Å². The van der Waals surface area contributed by atoms with Gasteiger partial charge in [0.05, 0.1) is 11.7 Å². The fourth-order valence-electron chi connectivity index (χ4n) is 3.50. The zero-order chi connectivity index (χ0) is 18.4. The van der Waals surface area contributed by atoms with E-state index in [9.17, 15) is 13.2 Å². The Labute approximate surface area is 149 Å². The van der Waals surface area contributed by atoms with Crippen molar-refractivity contribution in [2.24, 2.45) is 21.6 Å². The van der Waals surface area contributed by atoms with Gasteiger partial charge < -0.3 is 11.1 Å².